The molecule has 1 aromatic carbocycles. The molecule has 0 fully saturated rings. The minimum atomic E-state index is -0.908. The maximum atomic E-state index is 10.5. The Kier molecular flexibility index (Phi) is 4.54. The van der Waals surface area contributed by atoms with Gasteiger partial charge in [0.2, 0.25) is 0 Å². The zero-order valence-electron chi connectivity index (χ0n) is 11.4. The molecule has 18 heavy (non-hydrogen) atoms. The van der Waals surface area contributed by atoms with Crippen LogP contribution in [0, 0.1) is 12.3 Å². The van der Waals surface area contributed by atoms with E-state index in [0.29, 0.717) is 0 Å². The highest BCUT2D eigenvalue weighted by Gasteiger charge is 2.15. The van der Waals surface area contributed by atoms with Crippen LogP contribution >= 0.6 is 0 Å². The van der Waals surface area contributed by atoms with Crippen LogP contribution in [0.1, 0.15) is 25.0 Å². The van der Waals surface area contributed by atoms with E-state index in [1.54, 1.807) is 13.2 Å². The predicted molar refractivity (Wildman–Crippen MR) is 72.0 cm³/mol. The number of carboxylic acid groups (broad SMARTS) is 1. The molecule has 1 aromatic rings. The van der Waals surface area contributed by atoms with Crippen molar-refractivity contribution in [3.8, 4) is 5.75 Å². The van der Waals surface area contributed by atoms with Crippen LogP contribution in [0.5, 0.6) is 5.75 Å². The number of benzene rings is 1. The zero-order chi connectivity index (χ0) is 13.8. The fraction of sp³-hybridized carbons (Fsp3) is 0.400. The molecule has 0 unspecified atom stereocenters. The summed E-state index contributed by atoms with van der Waals surface area (Å²) in [7, 11) is 1.65. The van der Waals surface area contributed by atoms with E-state index in [0.717, 1.165) is 17.7 Å². The van der Waals surface area contributed by atoms with Gasteiger partial charge in [-0.1, -0.05) is 32.1 Å². The van der Waals surface area contributed by atoms with Crippen LogP contribution in [-0.2, 0) is 11.2 Å². The number of hydrogen-bond acceptors (Lipinski definition) is 2. The quantitative estimate of drug-likeness (QED) is 0.814. The first kappa shape index (κ1) is 14.3. The summed E-state index contributed by atoms with van der Waals surface area (Å²) in [5.41, 5.74) is 2.08. The van der Waals surface area contributed by atoms with Crippen molar-refractivity contribution >= 4 is 5.97 Å². The van der Waals surface area contributed by atoms with Gasteiger partial charge in [0, 0.05) is 6.08 Å². The number of methoxy groups -OCH3 is 1. The lowest BCUT2D eigenvalue weighted by molar-refractivity contribution is -0.131. The minimum Gasteiger partial charge on any atom is -0.496 e. The Hall–Kier alpha value is -1.77. The van der Waals surface area contributed by atoms with Gasteiger partial charge in [0.1, 0.15) is 5.75 Å². The van der Waals surface area contributed by atoms with Gasteiger partial charge < -0.3 is 9.84 Å². The number of ether oxygens (including phenoxy) is 1. The first-order valence-electron chi connectivity index (χ1n) is 5.90. The minimum absolute atomic E-state index is 0.181. The van der Waals surface area contributed by atoms with Crippen LogP contribution in [-0.4, -0.2) is 18.2 Å². The Bertz CT molecular complexity index is 459. The summed E-state index contributed by atoms with van der Waals surface area (Å²) >= 11 is 0. The lowest BCUT2D eigenvalue weighted by Gasteiger charge is -2.20. The second-order valence-corrected chi connectivity index (χ2v) is 5.14. The van der Waals surface area contributed by atoms with Gasteiger partial charge in [-0.2, -0.15) is 0 Å². The molecule has 0 bridgehead atoms. The van der Waals surface area contributed by atoms with Gasteiger partial charge in [-0.15, -0.1) is 0 Å². The fourth-order valence-electron chi connectivity index (χ4n) is 1.93. The van der Waals surface area contributed by atoms with E-state index in [-0.39, 0.29) is 5.41 Å². The molecule has 0 aromatic heterocycles. The fourth-order valence-corrected chi connectivity index (χ4v) is 1.93. The zero-order valence-corrected chi connectivity index (χ0v) is 11.4. The second kappa shape index (κ2) is 5.71. The lowest BCUT2D eigenvalue weighted by atomic mass is 9.85. The summed E-state index contributed by atoms with van der Waals surface area (Å²) in [6.07, 6.45) is 3.73. The molecule has 0 heterocycles. The molecule has 0 aliphatic rings. The summed E-state index contributed by atoms with van der Waals surface area (Å²) in [4.78, 5) is 10.5. The third-order valence-corrected chi connectivity index (χ3v) is 2.80. The first-order chi connectivity index (χ1) is 8.34. The summed E-state index contributed by atoms with van der Waals surface area (Å²) < 4.78 is 5.22. The number of hydrogen-bond donors (Lipinski definition) is 1. The molecule has 0 saturated carbocycles. The van der Waals surface area contributed by atoms with E-state index in [2.05, 4.69) is 6.07 Å². The SMILES string of the molecule is COc1ccc(CC(C)(C)/C=C/C(=O)O)cc1C. The molecule has 0 saturated heterocycles. The molecular formula is C15H20O3. The molecule has 0 atom stereocenters. The Balaban J connectivity index is 2.84. The van der Waals surface area contributed by atoms with Crippen molar-refractivity contribution in [1.29, 1.82) is 0 Å². The Morgan fingerprint density at radius 1 is 1.44 bits per heavy atom. The van der Waals surface area contributed by atoms with Gasteiger partial charge in [0.15, 0.2) is 0 Å². The van der Waals surface area contributed by atoms with Crippen LogP contribution < -0.4 is 4.74 Å². The molecule has 98 valence electrons. The van der Waals surface area contributed by atoms with Crippen molar-refractivity contribution in [1.82, 2.24) is 0 Å². The monoisotopic (exact) mass is 248 g/mol. The predicted octanol–water partition coefficient (Wildman–Crippen LogP) is 3.21. The van der Waals surface area contributed by atoms with Crippen LogP contribution in [0.2, 0.25) is 0 Å². The number of aryl methyl sites for hydroxylation is 1. The standard InChI is InChI=1S/C15H20O3/c1-11-9-12(5-6-13(11)18-4)10-15(2,3)8-7-14(16)17/h5-9H,10H2,1-4H3,(H,16,17)/b8-7+. The second-order valence-electron chi connectivity index (χ2n) is 5.14. The molecule has 1 rings (SSSR count). The maximum absolute atomic E-state index is 10.5. The van der Waals surface area contributed by atoms with Crippen LogP contribution in [0.3, 0.4) is 0 Å². The molecule has 3 heteroatoms. The van der Waals surface area contributed by atoms with Gasteiger partial charge in [0.05, 0.1) is 7.11 Å². The molecule has 3 nitrogen and oxygen atoms in total. The molecule has 0 spiro atoms. The average Bonchev–Trinajstić information content (AvgIpc) is 2.26. The number of carbonyl (C=O) groups is 1. The lowest BCUT2D eigenvalue weighted by Crippen LogP contribution is -2.12. The van der Waals surface area contributed by atoms with Gasteiger partial charge in [-0.3, -0.25) is 0 Å². The van der Waals surface area contributed by atoms with E-state index in [1.165, 1.54) is 11.6 Å². The first-order valence-corrected chi connectivity index (χ1v) is 5.90. The van der Waals surface area contributed by atoms with Crippen molar-refractivity contribution < 1.29 is 14.6 Å². The number of rotatable bonds is 5. The van der Waals surface area contributed by atoms with E-state index < -0.39 is 5.97 Å². The van der Waals surface area contributed by atoms with Crippen molar-refractivity contribution in [2.75, 3.05) is 7.11 Å². The molecule has 0 aliphatic carbocycles. The van der Waals surface area contributed by atoms with Gasteiger partial charge >= 0.3 is 5.97 Å². The summed E-state index contributed by atoms with van der Waals surface area (Å²) in [5.74, 6) is -0.0355. The largest absolute Gasteiger partial charge is 0.496 e. The number of aliphatic carboxylic acids is 1. The Morgan fingerprint density at radius 3 is 2.61 bits per heavy atom. The van der Waals surface area contributed by atoms with E-state index in [9.17, 15) is 4.79 Å². The van der Waals surface area contributed by atoms with Gasteiger partial charge in [-0.05, 0) is 36.0 Å². The van der Waals surface area contributed by atoms with Crippen molar-refractivity contribution in [3.05, 3.63) is 41.5 Å². The van der Waals surface area contributed by atoms with E-state index in [1.807, 2.05) is 32.9 Å². The average molecular weight is 248 g/mol. The van der Waals surface area contributed by atoms with Gasteiger partial charge in [-0.25, -0.2) is 4.79 Å². The van der Waals surface area contributed by atoms with E-state index in [4.69, 9.17) is 9.84 Å². The third-order valence-electron chi connectivity index (χ3n) is 2.80. The highest BCUT2D eigenvalue weighted by atomic mass is 16.5. The molecule has 0 radical (unpaired) electrons. The maximum Gasteiger partial charge on any atom is 0.327 e. The number of allylic oxidation sites excluding steroid dienone is 1. The summed E-state index contributed by atoms with van der Waals surface area (Å²) in [5, 5.41) is 8.65. The third kappa shape index (κ3) is 4.24. The number of carboxylic acids is 1. The van der Waals surface area contributed by atoms with E-state index >= 15 is 0 Å². The molecule has 1 N–H and O–H groups in total. The smallest absolute Gasteiger partial charge is 0.327 e. The Labute approximate surface area is 108 Å². The van der Waals surface area contributed by atoms with Crippen LogP contribution in [0.25, 0.3) is 0 Å². The van der Waals surface area contributed by atoms with Crippen molar-refractivity contribution in [3.63, 3.8) is 0 Å². The highest BCUT2D eigenvalue weighted by molar-refractivity contribution is 5.79. The molecule has 0 amide bonds. The topological polar surface area (TPSA) is 46.5 Å². The van der Waals surface area contributed by atoms with Crippen LogP contribution in [0.15, 0.2) is 30.4 Å². The summed E-state index contributed by atoms with van der Waals surface area (Å²) in [6.45, 7) is 6.04. The highest BCUT2D eigenvalue weighted by Crippen LogP contribution is 2.26. The molecular weight excluding hydrogens is 228 g/mol. The normalized spacial score (nSPS) is 11.8. The van der Waals surface area contributed by atoms with Gasteiger partial charge in [0.25, 0.3) is 0 Å². The van der Waals surface area contributed by atoms with Crippen molar-refractivity contribution in [2.24, 2.45) is 5.41 Å². The van der Waals surface area contributed by atoms with Crippen molar-refractivity contribution in [2.45, 2.75) is 27.2 Å². The molecule has 0 aliphatic heterocycles. The van der Waals surface area contributed by atoms with Crippen LogP contribution in [0.4, 0.5) is 0 Å². The summed E-state index contributed by atoms with van der Waals surface area (Å²) in [6, 6.07) is 6.04. The Morgan fingerprint density at radius 2 is 2.11 bits per heavy atom.